The molecule has 3 aliphatic rings. The predicted molar refractivity (Wildman–Crippen MR) is 127 cm³/mol. The van der Waals surface area contributed by atoms with Crippen LogP contribution < -0.4 is 4.90 Å². The van der Waals surface area contributed by atoms with Crippen molar-refractivity contribution in [1.82, 2.24) is 9.21 Å². The third-order valence-electron chi connectivity index (χ3n) is 7.14. The second-order valence-corrected chi connectivity index (χ2v) is 11.9. The van der Waals surface area contributed by atoms with Gasteiger partial charge in [-0.25, -0.2) is 8.42 Å². The van der Waals surface area contributed by atoms with Gasteiger partial charge in [0.15, 0.2) is 0 Å². The summed E-state index contributed by atoms with van der Waals surface area (Å²) in [6.45, 7) is 5.99. The number of fused-ring (bicyclic) bond motifs is 1. The van der Waals surface area contributed by atoms with E-state index >= 15 is 0 Å². The van der Waals surface area contributed by atoms with E-state index in [2.05, 4.69) is 22.9 Å². The Morgan fingerprint density at radius 1 is 1.06 bits per heavy atom. The molecular formula is C23H32BrN3O4S. The van der Waals surface area contributed by atoms with Crippen molar-refractivity contribution < 1.29 is 18.0 Å². The fraction of sp³-hybridized carbons (Fsp3) is 0.652. The number of sulfonamides is 1. The number of rotatable bonds is 4. The highest BCUT2D eigenvalue weighted by atomic mass is 79.9. The standard InChI is InChI=1S/C23H32BrN3O4S/c1-3-22(28)27-13-9-18-14-19(24)21(15-20(18)27)32(30,31)25-11-7-17(8-12-25)23(29)26-10-5-4-6-16(26)2/h14-17H,3-13H2,1-2H3/t16-/m0/s1. The number of amides is 2. The quantitative estimate of drug-likeness (QED) is 0.602. The van der Waals surface area contributed by atoms with Crippen LogP contribution in [0.1, 0.15) is 57.9 Å². The molecule has 0 saturated carbocycles. The minimum atomic E-state index is -3.73. The summed E-state index contributed by atoms with van der Waals surface area (Å²) in [5, 5.41) is 0. The topological polar surface area (TPSA) is 78.0 Å². The molecule has 0 aromatic heterocycles. The molecule has 2 amide bonds. The molecule has 9 heteroatoms. The summed E-state index contributed by atoms with van der Waals surface area (Å²) >= 11 is 3.45. The Morgan fingerprint density at radius 3 is 2.44 bits per heavy atom. The van der Waals surface area contributed by atoms with Crippen LogP contribution in [0.15, 0.2) is 21.5 Å². The summed E-state index contributed by atoms with van der Waals surface area (Å²) in [7, 11) is -3.73. The van der Waals surface area contributed by atoms with Crippen molar-refractivity contribution in [2.24, 2.45) is 5.92 Å². The van der Waals surface area contributed by atoms with E-state index in [1.807, 2.05) is 17.9 Å². The smallest absolute Gasteiger partial charge is 0.244 e. The van der Waals surface area contributed by atoms with E-state index in [-0.39, 0.29) is 28.7 Å². The molecule has 176 valence electrons. The molecule has 3 aliphatic heterocycles. The number of carbonyl (C=O) groups excluding carboxylic acids is 2. The molecule has 7 nitrogen and oxygen atoms in total. The first-order valence-electron chi connectivity index (χ1n) is 11.7. The lowest BCUT2D eigenvalue weighted by atomic mass is 9.94. The minimum absolute atomic E-state index is 0.000637. The molecule has 32 heavy (non-hydrogen) atoms. The average molecular weight is 526 g/mol. The molecule has 3 heterocycles. The first-order valence-corrected chi connectivity index (χ1v) is 13.9. The Bertz CT molecular complexity index is 1000. The normalized spacial score (nSPS) is 22.8. The fourth-order valence-corrected chi connectivity index (χ4v) is 7.72. The van der Waals surface area contributed by atoms with Crippen LogP contribution in [0.25, 0.3) is 0 Å². The third-order valence-corrected chi connectivity index (χ3v) is 10.00. The summed E-state index contributed by atoms with van der Waals surface area (Å²) in [5.41, 5.74) is 1.68. The molecule has 0 unspecified atom stereocenters. The molecule has 0 N–H and O–H groups in total. The van der Waals surface area contributed by atoms with Crippen molar-refractivity contribution in [2.75, 3.05) is 31.1 Å². The molecule has 2 saturated heterocycles. The molecule has 4 rings (SSSR count). The van der Waals surface area contributed by atoms with Crippen molar-refractivity contribution in [3.63, 3.8) is 0 Å². The second-order valence-electron chi connectivity index (χ2n) is 9.12. The van der Waals surface area contributed by atoms with Crippen LogP contribution >= 0.6 is 15.9 Å². The summed E-state index contributed by atoms with van der Waals surface area (Å²) < 4.78 is 29.0. The van der Waals surface area contributed by atoms with Gasteiger partial charge in [0.25, 0.3) is 0 Å². The maximum Gasteiger partial charge on any atom is 0.244 e. The Balaban J connectivity index is 1.49. The van der Waals surface area contributed by atoms with E-state index in [1.54, 1.807) is 11.0 Å². The van der Waals surface area contributed by atoms with Gasteiger partial charge in [0.2, 0.25) is 21.8 Å². The largest absolute Gasteiger partial charge is 0.340 e. The Kier molecular flexibility index (Phi) is 6.98. The van der Waals surface area contributed by atoms with E-state index in [9.17, 15) is 18.0 Å². The highest BCUT2D eigenvalue weighted by molar-refractivity contribution is 9.10. The van der Waals surface area contributed by atoms with E-state index in [0.717, 1.165) is 31.4 Å². The minimum Gasteiger partial charge on any atom is -0.340 e. The first-order chi connectivity index (χ1) is 15.2. The SMILES string of the molecule is CCC(=O)N1CCc2cc(Br)c(S(=O)(=O)N3CCC(C(=O)N4CCCC[C@@H]4C)CC3)cc21. The van der Waals surface area contributed by atoms with Crippen LogP contribution in [0, 0.1) is 5.92 Å². The number of hydrogen-bond donors (Lipinski definition) is 0. The second kappa shape index (κ2) is 9.43. The molecule has 0 radical (unpaired) electrons. The molecule has 1 atom stereocenters. The number of hydrogen-bond acceptors (Lipinski definition) is 4. The summed E-state index contributed by atoms with van der Waals surface area (Å²) in [4.78, 5) is 29.2. The number of anilines is 1. The predicted octanol–water partition coefficient (Wildman–Crippen LogP) is 3.55. The maximum atomic E-state index is 13.5. The van der Waals surface area contributed by atoms with Gasteiger partial charge in [0.1, 0.15) is 0 Å². The number of halogens is 1. The van der Waals surface area contributed by atoms with Gasteiger partial charge in [-0.3, -0.25) is 9.59 Å². The monoisotopic (exact) mass is 525 g/mol. The molecular weight excluding hydrogens is 494 g/mol. The van der Waals surface area contributed by atoms with Crippen molar-refractivity contribution in [1.29, 1.82) is 0 Å². The van der Waals surface area contributed by atoms with Gasteiger partial charge >= 0.3 is 0 Å². The van der Waals surface area contributed by atoms with Crippen LogP contribution in [0.3, 0.4) is 0 Å². The molecule has 0 spiro atoms. The van der Waals surface area contributed by atoms with Crippen LogP contribution in [0.5, 0.6) is 0 Å². The van der Waals surface area contributed by atoms with E-state index in [4.69, 9.17) is 0 Å². The molecule has 1 aromatic rings. The van der Waals surface area contributed by atoms with Gasteiger partial charge in [-0.2, -0.15) is 4.31 Å². The zero-order valence-electron chi connectivity index (χ0n) is 18.8. The van der Waals surface area contributed by atoms with Crippen LogP contribution in [0.2, 0.25) is 0 Å². The van der Waals surface area contributed by atoms with Gasteiger partial charge < -0.3 is 9.80 Å². The van der Waals surface area contributed by atoms with Crippen LogP contribution in [-0.4, -0.2) is 61.7 Å². The Morgan fingerprint density at radius 2 is 1.78 bits per heavy atom. The maximum absolute atomic E-state index is 13.5. The summed E-state index contributed by atoms with van der Waals surface area (Å²) in [6, 6.07) is 3.75. The van der Waals surface area contributed by atoms with E-state index < -0.39 is 10.0 Å². The van der Waals surface area contributed by atoms with Crippen molar-refractivity contribution >= 4 is 43.5 Å². The third kappa shape index (κ3) is 4.35. The van der Waals surface area contributed by atoms with Gasteiger partial charge in [-0.1, -0.05) is 6.92 Å². The van der Waals surface area contributed by atoms with Crippen molar-refractivity contribution in [2.45, 2.75) is 69.7 Å². The summed E-state index contributed by atoms with van der Waals surface area (Å²) in [6.07, 6.45) is 5.46. The van der Waals surface area contributed by atoms with Crippen LogP contribution in [0.4, 0.5) is 5.69 Å². The van der Waals surface area contributed by atoms with Crippen molar-refractivity contribution in [3.8, 4) is 0 Å². The molecule has 2 fully saturated rings. The molecule has 1 aromatic carbocycles. The van der Waals surface area contributed by atoms with Gasteiger partial charge in [-0.05, 0) is 79.1 Å². The van der Waals surface area contributed by atoms with E-state index in [1.165, 1.54) is 10.7 Å². The van der Waals surface area contributed by atoms with Crippen LogP contribution in [-0.2, 0) is 26.0 Å². The first kappa shape index (κ1) is 23.7. The highest BCUT2D eigenvalue weighted by Crippen LogP contribution is 2.37. The van der Waals surface area contributed by atoms with Gasteiger partial charge in [0.05, 0.1) is 4.90 Å². The van der Waals surface area contributed by atoms with Gasteiger partial charge in [-0.15, -0.1) is 0 Å². The lowest BCUT2D eigenvalue weighted by molar-refractivity contribution is -0.140. The van der Waals surface area contributed by atoms with Gasteiger partial charge in [0, 0.05) is 54.7 Å². The average Bonchev–Trinajstić information content (AvgIpc) is 3.20. The number of carbonyl (C=O) groups is 2. The number of piperidine rings is 2. The molecule has 0 aliphatic carbocycles. The van der Waals surface area contributed by atoms with Crippen molar-refractivity contribution in [3.05, 3.63) is 22.2 Å². The highest BCUT2D eigenvalue weighted by Gasteiger charge is 2.37. The molecule has 0 bridgehead atoms. The Hall–Kier alpha value is -1.45. The zero-order chi connectivity index (χ0) is 23.0. The lowest BCUT2D eigenvalue weighted by Crippen LogP contribution is -2.48. The number of benzene rings is 1. The number of nitrogens with zero attached hydrogens (tertiary/aromatic N) is 3. The zero-order valence-corrected chi connectivity index (χ0v) is 21.3. The Labute approximate surface area is 199 Å². The summed E-state index contributed by atoms with van der Waals surface area (Å²) in [5.74, 6) is 0.0745. The number of likely N-dealkylation sites (tertiary alicyclic amines) is 1. The lowest BCUT2D eigenvalue weighted by Gasteiger charge is -2.38. The van der Waals surface area contributed by atoms with E-state index in [0.29, 0.717) is 49.1 Å². The fourth-order valence-electron chi connectivity index (χ4n) is 5.18.